The Morgan fingerprint density at radius 1 is 1.05 bits per heavy atom. The first kappa shape index (κ1) is 13.5. The van der Waals surface area contributed by atoms with E-state index in [9.17, 15) is 13.2 Å². The van der Waals surface area contributed by atoms with Gasteiger partial charge in [-0.15, -0.1) is 0 Å². The molecule has 0 saturated carbocycles. The fourth-order valence-corrected chi connectivity index (χ4v) is 2.23. The molecular weight excluding hydrogens is 281 g/mol. The molecule has 0 aliphatic heterocycles. The molecule has 0 aliphatic carbocycles. The topological polar surface area (TPSA) is 27.1 Å². The van der Waals surface area contributed by atoms with Crippen LogP contribution in [0, 0.1) is 0 Å². The van der Waals surface area contributed by atoms with E-state index < -0.39 is 12.0 Å². The third-order valence-electron chi connectivity index (χ3n) is 3.13. The number of para-hydroxylation sites is 2. The third-order valence-corrected chi connectivity index (χ3v) is 3.13. The summed E-state index contributed by atoms with van der Waals surface area (Å²) in [6.45, 7) is 0. The normalized spacial score (nSPS) is 11.8. The van der Waals surface area contributed by atoms with Gasteiger partial charge in [0.2, 0.25) is 5.82 Å². The summed E-state index contributed by atoms with van der Waals surface area (Å²) < 4.78 is 45.9. The number of rotatable bonds is 2. The average Bonchev–Trinajstić information content (AvgIpc) is 2.87. The molecule has 3 rings (SSSR count). The first-order valence-corrected chi connectivity index (χ1v) is 6.20. The molecule has 1 heterocycles. The van der Waals surface area contributed by atoms with Crippen molar-refractivity contribution in [2.24, 2.45) is 0 Å². The highest BCUT2D eigenvalue weighted by Gasteiger charge is 2.38. The molecule has 1 aromatic heterocycles. The first-order valence-electron chi connectivity index (χ1n) is 6.20. The maximum Gasteiger partial charge on any atom is 0.450 e. The van der Waals surface area contributed by atoms with E-state index in [-0.39, 0.29) is 0 Å². The molecule has 3 aromatic rings. The van der Waals surface area contributed by atoms with Gasteiger partial charge in [-0.3, -0.25) is 4.57 Å². The maximum atomic E-state index is 13.2. The lowest BCUT2D eigenvalue weighted by molar-refractivity contribution is -0.145. The number of fused-ring (bicyclic) bond motifs is 1. The van der Waals surface area contributed by atoms with E-state index in [0.29, 0.717) is 22.5 Å². The minimum absolute atomic E-state index is 0.299. The maximum absolute atomic E-state index is 13.2. The monoisotopic (exact) mass is 292 g/mol. The molecule has 6 heteroatoms. The third kappa shape index (κ3) is 2.33. The zero-order valence-corrected chi connectivity index (χ0v) is 11.1. The Kier molecular flexibility index (Phi) is 3.08. The van der Waals surface area contributed by atoms with Crippen LogP contribution in [0.2, 0.25) is 0 Å². The number of imidazole rings is 1. The highest BCUT2D eigenvalue weighted by Crippen LogP contribution is 2.34. The molecule has 0 amide bonds. The molecule has 0 N–H and O–H groups in total. The number of aromatic nitrogens is 2. The molecule has 0 spiro atoms. The van der Waals surface area contributed by atoms with Gasteiger partial charge in [0.1, 0.15) is 5.75 Å². The van der Waals surface area contributed by atoms with Gasteiger partial charge in [0.25, 0.3) is 0 Å². The summed E-state index contributed by atoms with van der Waals surface area (Å²) in [7, 11) is 1.47. The van der Waals surface area contributed by atoms with Crippen LogP contribution in [0.3, 0.4) is 0 Å². The highest BCUT2D eigenvalue weighted by atomic mass is 19.4. The molecule has 0 radical (unpaired) electrons. The predicted octanol–water partition coefficient (Wildman–Crippen LogP) is 4.05. The predicted molar refractivity (Wildman–Crippen MR) is 72.6 cm³/mol. The summed E-state index contributed by atoms with van der Waals surface area (Å²) in [5.41, 5.74) is 1.06. The van der Waals surface area contributed by atoms with Crippen LogP contribution in [0.25, 0.3) is 16.7 Å². The molecule has 0 fully saturated rings. The standard InChI is InChI=1S/C15H11F3N2O/c1-21-11-6-4-5-10(9-11)20-13-8-3-2-7-12(13)19-14(20)15(16,17)18/h2-9H,1H3. The van der Waals surface area contributed by atoms with Crippen LogP contribution in [-0.4, -0.2) is 16.7 Å². The Labute approximate surface area is 118 Å². The van der Waals surface area contributed by atoms with E-state index in [1.807, 2.05) is 0 Å². The SMILES string of the molecule is COc1cccc(-n2c(C(F)(F)F)nc3ccccc32)c1. The van der Waals surface area contributed by atoms with Crippen LogP contribution >= 0.6 is 0 Å². The van der Waals surface area contributed by atoms with Crippen molar-refractivity contribution in [1.82, 2.24) is 9.55 Å². The van der Waals surface area contributed by atoms with Gasteiger partial charge in [0.05, 0.1) is 23.8 Å². The Morgan fingerprint density at radius 3 is 2.52 bits per heavy atom. The van der Waals surface area contributed by atoms with E-state index in [1.54, 1.807) is 48.5 Å². The summed E-state index contributed by atoms with van der Waals surface area (Å²) in [6.07, 6.45) is -4.54. The zero-order valence-electron chi connectivity index (χ0n) is 11.1. The fourth-order valence-electron chi connectivity index (χ4n) is 2.23. The number of benzene rings is 2. The second kappa shape index (κ2) is 4.80. The highest BCUT2D eigenvalue weighted by molar-refractivity contribution is 5.78. The van der Waals surface area contributed by atoms with Crippen molar-refractivity contribution in [3.63, 3.8) is 0 Å². The molecule has 21 heavy (non-hydrogen) atoms. The molecule has 108 valence electrons. The Bertz CT molecular complexity index is 793. The second-order valence-electron chi connectivity index (χ2n) is 4.46. The van der Waals surface area contributed by atoms with Crippen molar-refractivity contribution in [3.8, 4) is 11.4 Å². The summed E-state index contributed by atoms with van der Waals surface area (Å²) in [5, 5.41) is 0. The Balaban J connectivity index is 2.33. The molecule has 0 saturated heterocycles. The number of ether oxygens (including phenoxy) is 1. The van der Waals surface area contributed by atoms with Gasteiger partial charge < -0.3 is 4.74 Å². The number of halogens is 3. The first-order chi connectivity index (χ1) is 10.0. The quantitative estimate of drug-likeness (QED) is 0.712. The van der Waals surface area contributed by atoms with E-state index in [2.05, 4.69) is 4.98 Å². The van der Waals surface area contributed by atoms with Crippen LogP contribution in [0.1, 0.15) is 5.82 Å². The number of hydrogen-bond donors (Lipinski definition) is 0. The van der Waals surface area contributed by atoms with Gasteiger partial charge in [0, 0.05) is 6.07 Å². The number of alkyl halides is 3. The minimum atomic E-state index is -4.54. The summed E-state index contributed by atoms with van der Waals surface area (Å²) >= 11 is 0. The van der Waals surface area contributed by atoms with Crippen molar-refractivity contribution < 1.29 is 17.9 Å². The summed E-state index contributed by atoms with van der Waals surface area (Å²) in [5.74, 6) is -0.463. The van der Waals surface area contributed by atoms with Crippen molar-refractivity contribution >= 4 is 11.0 Å². The van der Waals surface area contributed by atoms with Crippen molar-refractivity contribution in [1.29, 1.82) is 0 Å². The fraction of sp³-hybridized carbons (Fsp3) is 0.133. The lowest BCUT2D eigenvalue weighted by atomic mass is 10.2. The average molecular weight is 292 g/mol. The van der Waals surface area contributed by atoms with E-state index in [0.717, 1.165) is 4.57 Å². The molecule has 0 bridgehead atoms. The second-order valence-corrected chi connectivity index (χ2v) is 4.46. The van der Waals surface area contributed by atoms with E-state index in [4.69, 9.17) is 4.74 Å². The number of nitrogens with zero attached hydrogens (tertiary/aromatic N) is 2. The van der Waals surface area contributed by atoms with Gasteiger partial charge in [-0.1, -0.05) is 18.2 Å². The largest absolute Gasteiger partial charge is 0.497 e. The lowest BCUT2D eigenvalue weighted by Crippen LogP contribution is -2.13. The van der Waals surface area contributed by atoms with Crippen LogP contribution < -0.4 is 4.74 Å². The lowest BCUT2D eigenvalue weighted by Gasteiger charge is -2.12. The molecule has 0 unspecified atom stereocenters. The van der Waals surface area contributed by atoms with Gasteiger partial charge in [-0.05, 0) is 24.3 Å². The van der Waals surface area contributed by atoms with Crippen LogP contribution in [0.15, 0.2) is 48.5 Å². The summed E-state index contributed by atoms with van der Waals surface area (Å²) in [6, 6.07) is 13.0. The van der Waals surface area contributed by atoms with Crippen LogP contribution in [0.4, 0.5) is 13.2 Å². The van der Waals surface area contributed by atoms with Gasteiger partial charge >= 0.3 is 6.18 Å². The molecule has 0 atom stereocenters. The molecule has 0 aliphatic rings. The van der Waals surface area contributed by atoms with Gasteiger partial charge in [0.15, 0.2) is 0 Å². The molecule has 2 aromatic carbocycles. The Hall–Kier alpha value is -2.50. The summed E-state index contributed by atoms with van der Waals surface area (Å²) in [4.78, 5) is 3.71. The van der Waals surface area contributed by atoms with Crippen molar-refractivity contribution in [3.05, 3.63) is 54.4 Å². The van der Waals surface area contributed by atoms with E-state index >= 15 is 0 Å². The van der Waals surface area contributed by atoms with Gasteiger partial charge in [-0.25, -0.2) is 4.98 Å². The number of hydrogen-bond acceptors (Lipinski definition) is 2. The molecular formula is C15H11F3N2O. The minimum Gasteiger partial charge on any atom is -0.497 e. The molecule has 3 nitrogen and oxygen atoms in total. The van der Waals surface area contributed by atoms with E-state index in [1.165, 1.54) is 7.11 Å². The van der Waals surface area contributed by atoms with Crippen molar-refractivity contribution in [2.45, 2.75) is 6.18 Å². The smallest absolute Gasteiger partial charge is 0.450 e. The Morgan fingerprint density at radius 2 is 1.81 bits per heavy atom. The van der Waals surface area contributed by atoms with Crippen molar-refractivity contribution in [2.75, 3.05) is 7.11 Å². The van der Waals surface area contributed by atoms with Gasteiger partial charge in [-0.2, -0.15) is 13.2 Å². The zero-order chi connectivity index (χ0) is 15.0. The van der Waals surface area contributed by atoms with Crippen LogP contribution in [0.5, 0.6) is 5.75 Å². The number of methoxy groups -OCH3 is 1. The van der Waals surface area contributed by atoms with Crippen LogP contribution in [-0.2, 0) is 6.18 Å².